The molecule has 0 radical (unpaired) electrons. The third-order valence-corrected chi connectivity index (χ3v) is 13.3. The summed E-state index contributed by atoms with van der Waals surface area (Å²) in [6, 6.07) is 0. The highest BCUT2D eigenvalue weighted by Crippen LogP contribution is 2.44. The van der Waals surface area contributed by atoms with Crippen LogP contribution in [0, 0.1) is 5.92 Å². The van der Waals surface area contributed by atoms with Crippen LogP contribution in [-0.2, 0) is 43.1 Å². The van der Waals surface area contributed by atoms with Gasteiger partial charge in [0.05, 0.1) is 25.7 Å². The number of piperidine rings is 3. The van der Waals surface area contributed by atoms with Crippen LogP contribution in [0.25, 0.3) is 0 Å². The molecule has 0 bridgehead atoms. The van der Waals surface area contributed by atoms with Crippen molar-refractivity contribution < 1.29 is 43.1 Å². The van der Waals surface area contributed by atoms with E-state index in [1.165, 1.54) is 38.5 Å². The summed E-state index contributed by atoms with van der Waals surface area (Å²) in [5.74, 6) is -3.59. The minimum Gasteiger partial charge on any atom is -0.462 e. The van der Waals surface area contributed by atoms with Crippen molar-refractivity contribution in [3.63, 3.8) is 0 Å². The molecule has 2 aliphatic carbocycles. The fourth-order valence-electron chi connectivity index (χ4n) is 11.6. The van der Waals surface area contributed by atoms with Crippen molar-refractivity contribution in [1.82, 2.24) is 15.2 Å². The predicted molar refractivity (Wildman–Crippen MR) is 218 cm³/mol. The molecule has 5 fully saturated rings. The first kappa shape index (κ1) is 46.2. The van der Waals surface area contributed by atoms with Crippen molar-refractivity contribution in [2.45, 2.75) is 256 Å². The van der Waals surface area contributed by atoms with Gasteiger partial charge in [-0.1, -0.05) is 38.5 Å². The van der Waals surface area contributed by atoms with Gasteiger partial charge >= 0.3 is 17.9 Å². The van der Waals surface area contributed by atoms with Gasteiger partial charge in [0.2, 0.25) is 0 Å². The zero-order valence-corrected chi connectivity index (χ0v) is 38.0. The largest absolute Gasteiger partial charge is 0.462 e. The highest BCUT2D eigenvalue weighted by atomic mass is 16.7. The van der Waals surface area contributed by atoms with Gasteiger partial charge in [0.25, 0.3) is 0 Å². The number of carbonyl (C=O) groups is 3. The molecule has 2 saturated carbocycles. The van der Waals surface area contributed by atoms with Crippen LogP contribution in [0.4, 0.5) is 0 Å². The molecule has 3 saturated heterocycles. The molecular weight excluding hydrogens is 727 g/mol. The van der Waals surface area contributed by atoms with Gasteiger partial charge in [0.15, 0.2) is 5.92 Å². The van der Waals surface area contributed by atoms with Crippen LogP contribution >= 0.6 is 0 Å². The van der Waals surface area contributed by atoms with Gasteiger partial charge in [0, 0.05) is 71.8 Å². The molecule has 1 unspecified atom stereocenters. The summed E-state index contributed by atoms with van der Waals surface area (Å²) < 4.78 is 18.6. The van der Waals surface area contributed by atoms with Gasteiger partial charge in [-0.3, -0.25) is 24.1 Å². The molecule has 0 aromatic heterocycles. The standard InChI is InChI=1S/C45H79N3O9/c1-40(2)27-34(28-41(3,4)46(40)52-13)54-38(50)36(39(51)55-35-29-44(9,10)48(45(11,12)30-35)57-32-22-18-15-19-23-32)24-37(49)53-33-25-42(5,6)47(43(7,8)26-33)56-31-20-16-14-17-21-31/h31-36H,14-30H2,1-13H3. The summed E-state index contributed by atoms with van der Waals surface area (Å²) in [5.41, 5.74) is -2.60. The molecule has 5 rings (SSSR count). The summed E-state index contributed by atoms with van der Waals surface area (Å²) in [4.78, 5) is 61.6. The number of rotatable bonds is 12. The van der Waals surface area contributed by atoms with Crippen molar-refractivity contribution in [2.75, 3.05) is 7.11 Å². The Balaban J connectivity index is 1.30. The normalized spacial score (nSPS) is 28.4. The molecule has 3 heterocycles. The maximum atomic E-state index is 14.3. The molecule has 0 aromatic carbocycles. The smallest absolute Gasteiger partial charge is 0.321 e. The van der Waals surface area contributed by atoms with E-state index in [1.54, 1.807) is 7.11 Å². The lowest BCUT2D eigenvalue weighted by Gasteiger charge is -2.54. The van der Waals surface area contributed by atoms with Crippen LogP contribution in [-0.4, -0.2) is 104 Å². The number of hydrogen-bond donors (Lipinski definition) is 0. The Labute approximate surface area is 344 Å². The summed E-state index contributed by atoms with van der Waals surface area (Å²) in [6.07, 6.45) is 13.0. The Hall–Kier alpha value is -1.83. The first-order valence-electron chi connectivity index (χ1n) is 22.2. The van der Waals surface area contributed by atoms with Gasteiger partial charge in [0.1, 0.15) is 18.3 Å². The minimum atomic E-state index is -1.47. The van der Waals surface area contributed by atoms with Crippen LogP contribution in [0.15, 0.2) is 0 Å². The molecule has 3 aliphatic heterocycles. The second kappa shape index (κ2) is 17.6. The van der Waals surface area contributed by atoms with E-state index in [0.717, 1.165) is 25.7 Å². The van der Waals surface area contributed by atoms with E-state index in [1.807, 2.05) is 32.8 Å². The van der Waals surface area contributed by atoms with Gasteiger partial charge in [-0.2, -0.15) is 15.2 Å². The maximum absolute atomic E-state index is 14.3. The van der Waals surface area contributed by atoms with Gasteiger partial charge in [-0.25, -0.2) is 0 Å². The number of carbonyl (C=O) groups excluding carboxylic acids is 3. The molecular formula is C45H79N3O9. The number of nitrogens with zero attached hydrogens (tertiary/aromatic N) is 3. The number of esters is 3. The van der Waals surface area contributed by atoms with Gasteiger partial charge in [-0.05, 0) is 109 Å². The molecule has 0 spiro atoms. The van der Waals surface area contributed by atoms with Crippen molar-refractivity contribution >= 4 is 17.9 Å². The molecule has 0 amide bonds. The van der Waals surface area contributed by atoms with E-state index in [2.05, 4.69) is 65.5 Å². The van der Waals surface area contributed by atoms with E-state index in [4.69, 9.17) is 28.7 Å². The summed E-state index contributed by atoms with van der Waals surface area (Å²) in [6.45, 7) is 25.2. The fourth-order valence-corrected chi connectivity index (χ4v) is 11.6. The quantitative estimate of drug-likeness (QED) is 0.107. The van der Waals surface area contributed by atoms with Crippen LogP contribution in [0.1, 0.15) is 192 Å². The summed E-state index contributed by atoms with van der Waals surface area (Å²) in [5, 5.41) is 6.19. The Morgan fingerprint density at radius 3 is 1.07 bits per heavy atom. The third kappa shape index (κ3) is 11.3. The number of ether oxygens (including phenoxy) is 3. The number of hydrogen-bond acceptors (Lipinski definition) is 12. The van der Waals surface area contributed by atoms with Crippen LogP contribution < -0.4 is 0 Å². The van der Waals surface area contributed by atoms with Crippen molar-refractivity contribution in [2.24, 2.45) is 5.92 Å². The van der Waals surface area contributed by atoms with E-state index in [0.29, 0.717) is 38.5 Å². The topological polar surface area (TPSA) is 116 Å². The van der Waals surface area contributed by atoms with Crippen LogP contribution in [0.5, 0.6) is 0 Å². The van der Waals surface area contributed by atoms with Crippen molar-refractivity contribution in [3.8, 4) is 0 Å². The Morgan fingerprint density at radius 1 is 0.456 bits per heavy atom. The maximum Gasteiger partial charge on any atom is 0.321 e. The van der Waals surface area contributed by atoms with E-state index in [-0.39, 0.29) is 12.2 Å². The van der Waals surface area contributed by atoms with Crippen molar-refractivity contribution in [3.05, 3.63) is 0 Å². The Kier molecular flexibility index (Phi) is 14.3. The SMILES string of the molecule is CON1C(C)(C)CC(OC(=O)C(CC(=O)OC2CC(C)(C)N(OC3CCCCC3)C(C)(C)C2)C(=O)OC2CC(C)(C)N(OC3CCCCC3)C(C)(C)C2)CC1(C)C. The minimum absolute atomic E-state index is 0.181. The first-order chi connectivity index (χ1) is 26.3. The fraction of sp³-hybridized carbons (Fsp3) is 0.933. The molecule has 328 valence electrons. The molecule has 57 heavy (non-hydrogen) atoms. The lowest BCUT2D eigenvalue weighted by molar-refractivity contribution is -0.318. The lowest BCUT2D eigenvalue weighted by Crippen LogP contribution is -2.63. The average molecular weight is 806 g/mol. The van der Waals surface area contributed by atoms with E-state index in [9.17, 15) is 14.4 Å². The van der Waals surface area contributed by atoms with E-state index < -0.39 is 81.8 Å². The van der Waals surface area contributed by atoms with E-state index >= 15 is 0 Å². The predicted octanol–water partition coefficient (Wildman–Crippen LogP) is 8.78. The zero-order chi connectivity index (χ0) is 42.2. The molecule has 5 aliphatic rings. The van der Waals surface area contributed by atoms with Crippen LogP contribution in [0.3, 0.4) is 0 Å². The third-order valence-electron chi connectivity index (χ3n) is 13.3. The van der Waals surface area contributed by atoms with Crippen molar-refractivity contribution in [1.29, 1.82) is 0 Å². The number of hydroxylamine groups is 6. The summed E-state index contributed by atoms with van der Waals surface area (Å²) in [7, 11) is 1.65. The lowest BCUT2D eigenvalue weighted by atomic mass is 9.80. The molecule has 0 N–H and O–H groups in total. The zero-order valence-electron chi connectivity index (χ0n) is 38.0. The second-order valence-corrected chi connectivity index (χ2v) is 21.9. The monoisotopic (exact) mass is 806 g/mol. The van der Waals surface area contributed by atoms with Crippen LogP contribution in [0.2, 0.25) is 0 Å². The second-order valence-electron chi connectivity index (χ2n) is 21.9. The average Bonchev–Trinajstić information content (AvgIpc) is 3.06. The Bertz CT molecular complexity index is 1340. The highest BCUT2D eigenvalue weighted by molar-refractivity contribution is 5.98. The molecule has 12 nitrogen and oxygen atoms in total. The van der Waals surface area contributed by atoms with Gasteiger partial charge in [-0.15, -0.1) is 0 Å². The van der Waals surface area contributed by atoms with Gasteiger partial charge < -0.3 is 19.0 Å². The first-order valence-corrected chi connectivity index (χ1v) is 22.2. The Morgan fingerprint density at radius 2 is 0.754 bits per heavy atom. The molecule has 0 aromatic rings. The highest BCUT2D eigenvalue weighted by Gasteiger charge is 2.52. The summed E-state index contributed by atoms with van der Waals surface area (Å²) >= 11 is 0. The molecule has 12 heteroatoms. The molecule has 1 atom stereocenters.